The van der Waals surface area contributed by atoms with Crippen LogP contribution in [0.2, 0.25) is 0 Å². The van der Waals surface area contributed by atoms with E-state index >= 15 is 0 Å². The van der Waals surface area contributed by atoms with Crippen LogP contribution in [-0.4, -0.2) is 20.9 Å². The van der Waals surface area contributed by atoms with Gasteiger partial charge in [-0.1, -0.05) is 6.07 Å². The van der Waals surface area contributed by atoms with Crippen molar-refractivity contribution in [2.45, 2.75) is 6.18 Å². The number of carboxylic acid groups (broad SMARTS) is 1. The van der Waals surface area contributed by atoms with Crippen LogP contribution in [0.3, 0.4) is 0 Å². The van der Waals surface area contributed by atoms with E-state index in [2.05, 4.69) is 5.10 Å². The average Bonchev–Trinajstić information content (AvgIpc) is 2.51. The van der Waals surface area contributed by atoms with E-state index in [-0.39, 0.29) is 10.9 Å². The Hall–Kier alpha value is -2.05. The number of halogens is 3. The van der Waals surface area contributed by atoms with Crippen LogP contribution in [0.5, 0.6) is 0 Å². The number of fused-ring (bicyclic) bond motifs is 1. The molecule has 0 aliphatic rings. The standard InChI is InChI=1S/C10H7F3N2O2/c1-15-8(10(11,12)13)7-5(9(16)17)3-2-4-6(7)14-15/h2-4H,1H3,(H,16,17). The summed E-state index contributed by atoms with van der Waals surface area (Å²) in [7, 11) is 1.13. The van der Waals surface area contributed by atoms with Crippen molar-refractivity contribution in [1.82, 2.24) is 9.78 Å². The fourth-order valence-corrected chi connectivity index (χ4v) is 1.75. The van der Waals surface area contributed by atoms with Crippen molar-refractivity contribution in [2.24, 2.45) is 7.05 Å². The van der Waals surface area contributed by atoms with Gasteiger partial charge in [0.25, 0.3) is 0 Å². The molecule has 2 aromatic rings. The summed E-state index contributed by atoms with van der Waals surface area (Å²) >= 11 is 0. The van der Waals surface area contributed by atoms with Gasteiger partial charge in [-0.25, -0.2) is 4.79 Å². The second-order valence-corrected chi connectivity index (χ2v) is 3.47. The lowest BCUT2D eigenvalue weighted by molar-refractivity contribution is -0.142. The van der Waals surface area contributed by atoms with Crippen LogP contribution in [0, 0.1) is 0 Å². The second kappa shape index (κ2) is 3.47. The zero-order chi connectivity index (χ0) is 12.8. The second-order valence-electron chi connectivity index (χ2n) is 3.47. The highest BCUT2D eigenvalue weighted by Crippen LogP contribution is 2.35. The minimum absolute atomic E-state index is 0.0136. The van der Waals surface area contributed by atoms with E-state index in [1.807, 2.05) is 0 Å². The van der Waals surface area contributed by atoms with Crippen molar-refractivity contribution in [3.05, 3.63) is 29.5 Å². The molecule has 0 aliphatic carbocycles. The number of hydrogen-bond acceptors (Lipinski definition) is 2. The van der Waals surface area contributed by atoms with Crippen molar-refractivity contribution in [3.63, 3.8) is 0 Å². The Morgan fingerprint density at radius 3 is 2.59 bits per heavy atom. The number of aryl methyl sites for hydroxylation is 1. The molecule has 0 fully saturated rings. The Bertz CT molecular complexity index is 601. The molecule has 0 saturated carbocycles. The lowest BCUT2D eigenvalue weighted by Crippen LogP contribution is -2.13. The van der Waals surface area contributed by atoms with Gasteiger partial charge in [-0.3, -0.25) is 4.68 Å². The molecule has 0 atom stereocenters. The molecule has 0 aliphatic heterocycles. The van der Waals surface area contributed by atoms with E-state index in [0.717, 1.165) is 13.1 Å². The number of aromatic nitrogens is 2. The number of hydrogen-bond donors (Lipinski definition) is 1. The van der Waals surface area contributed by atoms with Crippen LogP contribution in [0.25, 0.3) is 10.9 Å². The van der Waals surface area contributed by atoms with E-state index < -0.39 is 23.4 Å². The summed E-state index contributed by atoms with van der Waals surface area (Å²) in [5.74, 6) is -1.41. The van der Waals surface area contributed by atoms with Gasteiger partial charge in [0.05, 0.1) is 11.1 Å². The number of carbonyl (C=O) groups is 1. The number of benzene rings is 1. The minimum Gasteiger partial charge on any atom is -0.478 e. The Morgan fingerprint density at radius 2 is 2.06 bits per heavy atom. The van der Waals surface area contributed by atoms with Gasteiger partial charge >= 0.3 is 12.1 Å². The summed E-state index contributed by atoms with van der Waals surface area (Å²) < 4.78 is 39.1. The average molecular weight is 244 g/mol. The lowest BCUT2D eigenvalue weighted by Gasteiger charge is -2.07. The molecule has 0 amide bonds. The number of aromatic carboxylic acids is 1. The summed E-state index contributed by atoms with van der Waals surface area (Å²) in [6.07, 6.45) is -4.64. The molecule has 4 nitrogen and oxygen atoms in total. The molecule has 0 bridgehead atoms. The SMILES string of the molecule is Cn1nc2cccc(C(=O)O)c2c1C(F)(F)F. The quantitative estimate of drug-likeness (QED) is 0.837. The monoisotopic (exact) mass is 244 g/mol. The molecule has 1 aromatic carbocycles. The normalized spacial score (nSPS) is 12.0. The van der Waals surface area contributed by atoms with E-state index in [1.165, 1.54) is 12.1 Å². The largest absolute Gasteiger partial charge is 0.478 e. The Balaban J connectivity index is 2.92. The maximum atomic E-state index is 12.8. The fourth-order valence-electron chi connectivity index (χ4n) is 1.75. The van der Waals surface area contributed by atoms with E-state index in [9.17, 15) is 18.0 Å². The van der Waals surface area contributed by atoms with Crippen molar-refractivity contribution in [1.29, 1.82) is 0 Å². The molecule has 1 N–H and O–H groups in total. The zero-order valence-electron chi connectivity index (χ0n) is 8.62. The Labute approximate surface area is 93.3 Å². The van der Waals surface area contributed by atoms with Crippen LogP contribution in [-0.2, 0) is 13.2 Å². The topological polar surface area (TPSA) is 55.1 Å². The first-order valence-corrected chi connectivity index (χ1v) is 4.58. The third-order valence-electron chi connectivity index (χ3n) is 2.36. The molecular formula is C10H7F3N2O2. The summed E-state index contributed by atoms with van der Waals surface area (Å²) in [6.45, 7) is 0. The molecule has 0 spiro atoms. The van der Waals surface area contributed by atoms with Crippen LogP contribution < -0.4 is 0 Å². The van der Waals surface area contributed by atoms with Gasteiger partial charge in [-0.2, -0.15) is 18.3 Å². The molecule has 90 valence electrons. The smallest absolute Gasteiger partial charge is 0.433 e. The first-order chi connectivity index (χ1) is 7.82. The van der Waals surface area contributed by atoms with Gasteiger partial charge in [-0.15, -0.1) is 0 Å². The number of carboxylic acids is 1. The predicted molar refractivity (Wildman–Crippen MR) is 52.7 cm³/mol. The molecule has 17 heavy (non-hydrogen) atoms. The van der Waals surface area contributed by atoms with Crippen molar-refractivity contribution < 1.29 is 23.1 Å². The summed E-state index contributed by atoms with van der Waals surface area (Å²) in [6, 6.07) is 3.83. The highest BCUT2D eigenvalue weighted by Gasteiger charge is 2.38. The van der Waals surface area contributed by atoms with Crippen LogP contribution in [0.4, 0.5) is 13.2 Å². The fraction of sp³-hybridized carbons (Fsp3) is 0.200. The Kier molecular flexibility index (Phi) is 2.34. The molecule has 2 rings (SSSR count). The van der Waals surface area contributed by atoms with Gasteiger partial charge in [0.1, 0.15) is 0 Å². The van der Waals surface area contributed by atoms with Crippen molar-refractivity contribution >= 4 is 16.9 Å². The minimum atomic E-state index is -4.64. The molecule has 1 heterocycles. The number of nitrogens with zero attached hydrogens (tertiary/aromatic N) is 2. The summed E-state index contributed by atoms with van der Waals surface area (Å²) in [5, 5.41) is 12.2. The maximum absolute atomic E-state index is 12.8. The maximum Gasteiger partial charge on any atom is 0.433 e. The van der Waals surface area contributed by atoms with E-state index in [4.69, 9.17) is 5.11 Å². The molecule has 0 unspecified atom stereocenters. The Morgan fingerprint density at radius 1 is 1.41 bits per heavy atom. The first-order valence-electron chi connectivity index (χ1n) is 4.58. The van der Waals surface area contributed by atoms with Crippen molar-refractivity contribution in [3.8, 4) is 0 Å². The van der Waals surface area contributed by atoms with E-state index in [0.29, 0.717) is 4.68 Å². The van der Waals surface area contributed by atoms with Crippen molar-refractivity contribution in [2.75, 3.05) is 0 Å². The molecule has 7 heteroatoms. The van der Waals surface area contributed by atoms with Crippen LogP contribution in [0.15, 0.2) is 18.2 Å². The van der Waals surface area contributed by atoms with Gasteiger partial charge in [0.2, 0.25) is 0 Å². The number of rotatable bonds is 1. The van der Waals surface area contributed by atoms with Crippen LogP contribution >= 0.6 is 0 Å². The highest BCUT2D eigenvalue weighted by atomic mass is 19.4. The molecular weight excluding hydrogens is 237 g/mol. The first kappa shape index (κ1) is 11.4. The zero-order valence-corrected chi connectivity index (χ0v) is 8.62. The van der Waals surface area contributed by atoms with Crippen LogP contribution in [0.1, 0.15) is 16.1 Å². The number of alkyl halides is 3. The predicted octanol–water partition coefficient (Wildman–Crippen LogP) is 2.29. The third kappa shape index (κ3) is 1.73. The lowest BCUT2D eigenvalue weighted by atomic mass is 10.1. The van der Waals surface area contributed by atoms with Gasteiger partial charge < -0.3 is 5.11 Å². The van der Waals surface area contributed by atoms with Gasteiger partial charge in [0.15, 0.2) is 5.69 Å². The molecule has 0 radical (unpaired) electrons. The molecule has 0 saturated heterocycles. The summed E-state index contributed by atoms with van der Waals surface area (Å²) in [4.78, 5) is 10.9. The third-order valence-corrected chi connectivity index (χ3v) is 2.36. The highest BCUT2D eigenvalue weighted by molar-refractivity contribution is 6.03. The van der Waals surface area contributed by atoms with E-state index in [1.54, 1.807) is 0 Å². The van der Waals surface area contributed by atoms with Gasteiger partial charge in [-0.05, 0) is 12.1 Å². The summed E-state index contributed by atoms with van der Waals surface area (Å²) in [5.41, 5.74) is -1.44. The molecule has 1 aromatic heterocycles. The van der Waals surface area contributed by atoms with Gasteiger partial charge in [0, 0.05) is 12.4 Å².